The molecule has 2 heterocycles. The first kappa shape index (κ1) is 13.5. The maximum Gasteiger partial charge on any atom is 0.254 e. The molecular weight excluding hydrogens is 264 g/mol. The summed E-state index contributed by atoms with van der Waals surface area (Å²) in [6.07, 6.45) is 4.78. The van der Waals surface area contributed by atoms with Crippen molar-refractivity contribution in [1.82, 2.24) is 9.88 Å². The summed E-state index contributed by atoms with van der Waals surface area (Å²) in [6.45, 7) is 0.629. The van der Waals surface area contributed by atoms with Gasteiger partial charge < -0.3 is 4.90 Å². The smallest absolute Gasteiger partial charge is 0.254 e. The molecule has 1 aliphatic rings. The van der Waals surface area contributed by atoms with Gasteiger partial charge in [-0.05, 0) is 25.0 Å². The van der Waals surface area contributed by atoms with Gasteiger partial charge in [-0.1, -0.05) is 30.3 Å². The Morgan fingerprint density at radius 2 is 1.71 bits per heavy atom. The third kappa shape index (κ3) is 2.70. The van der Waals surface area contributed by atoms with Gasteiger partial charge in [0.05, 0.1) is 6.04 Å². The summed E-state index contributed by atoms with van der Waals surface area (Å²) in [5, 5.41) is 0. The zero-order valence-electron chi connectivity index (χ0n) is 11.6. The predicted octanol–water partition coefficient (Wildman–Crippen LogP) is 2.57. The number of nitrogens with zero attached hydrogens (tertiary/aromatic N) is 2. The van der Waals surface area contributed by atoms with E-state index in [0.717, 1.165) is 12.8 Å². The number of benzene rings is 1. The highest BCUT2D eigenvalue weighted by Gasteiger charge is 2.34. The molecule has 0 bridgehead atoms. The van der Waals surface area contributed by atoms with Crippen LogP contribution in [0.5, 0.6) is 0 Å². The Morgan fingerprint density at radius 3 is 2.43 bits per heavy atom. The number of Topliss-reactive ketones (excluding diaryl/α,β-unsaturated/α-hetero) is 1. The van der Waals surface area contributed by atoms with E-state index in [1.807, 2.05) is 18.2 Å². The average Bonchev–Trinajstić information content (AvgIpc) is 3.04. The molecule has 0 radical (unpaired) electrons. The molecule has 3 rings (SSSR count). The summed E-state index contributed by atoms with van der Waals surface area (Å²) < 4.78 is 0. The Morgan fingerprint density at radius 1 is 1.00 bits per heavy atom. The lowest BCUT2D eigenvalue weighted by molar-refractivity contribution is 0.0671. The van der Waals surface area contributed by atoms with E-state index in [9.17, 15) is 9.59 Å². The van der Waals surface area contributed by atoms with Crippen molar-refractivity contribution in [2.75, 3.05) is 6.54 Å². The zero-order chi connectivity index (χ0) is 14.7. The van der Waals surface area contributed by atoms with E-state index in [0.29, 0.717) is 17.7 Å². The number of hydrogen-bond acceptors (Lipinski definition) is 3. The molecule has 0 spiro atoms. The van der Waals surface area contributed by atoms with Crippen molar-refractivity contribution < 1.29 is 9.59 Å². The summed E-state index contributed by atoms with van der Waals surface area (Å²) in [5.41, 5.74) is 1.25. The average molecular weight is 280 g/mol. The molecule has 1 amide bonds. The van der Waals surface area contributed by atoms with Crippen molar-refractivity contribution >= 4 is 11.7 Å². The van der Waals surface area contributed by atoms with Crippen LogP contribution in [0.1, 0.15) is 33.6 Å². The summed E-state index contributed by atoms with van der Waals surface area (Å²) in [5.74, 6) is -0.0697. The molecule has 4 heteroatoms. The van der Waals surface area contributed by atoms with Gasteiger partial charge in [-0.2, -0.15) is 0 Å². The summed E-state index contributed by atoms with van der Waals surface area (Å²) in [7, 11) is 0. The lowest BCUT2D eigenvalue weighted by atomic mass is 10.0. The first-order chi connectivity index (χ1) is 10.3. The van der Waals surface area contributed by atoms with Gasteiger partial charge >= 0.3 is 0 Å². The zero-order valence-corrected chi connectivity index (χ0v) is 11.6. The highest BCUT2D eigenvalue weighted by molar-refractivity contribution is 6.04. The second-order valence-corrected chi connectivity index (χ2v) is 5.12. The quantitative estimate of drug-likeness (QED) is 0.812. The monoisotopic (exact) mass is 280 g/mol. The van der Waals surface area contributed by atoms with Crippen LogP contribution in [0.4, 0.5) is 0 Å². The second-order valence-electron chi connectivity index (χ2n) is 5.12. The van der Waals surface area contributed by atoms with E-state index < -0.39 is 0 Å². The van der Waals surface area contributed by atoms with Crippen LogP contribution in [-0.2, 0) is 0 Å². The van der Waals surface area contributed by atoms with Gasteiger partial charge in [0, 0.05) is 30.1 Å². The van der Waals surface area contributed by atoms with Gasteiger partial charge in [0.25, 0.3) is 5.91 Å². The molecule has 1 fully saturated rings. The number of rotatable bonds is 3. The van der Waals surface area contributed by atoms with Gasteiger partial charge in [0.1, 0.15) is 0 Å². The van der Waals surface area contributed by atoms with Crippen molar-refractivity contribution in [2.45, 2.75) is 18.9 Å². The first-order valence-corrected chi connectivity index (χ1v) is 7.07. The van der Waals surface area contributed by atoms with Crippen molar-refractivity contribution in [3.63, 3.8) is 0 Å². The molecule has 1 aromatic heterocycles. The number of aromatic nitrogens is 1. The maximum atomic E-state index is 12.6. The van der Waals surface area contributed by atoms with Gasteiger partial charge in [-0.3, -0.25) is 14.6 Å². The molecule has 1 saturated heterocycles. The molecule has 4 nitrogen and oxygen atoms in total. The lowest BCUT2D eigenvalue weighted by Gasteiger charge is -2.23. The summed E-state index contributed by atoms with van der Waals surface area (Å²) >= 11 is 0. The Hall–Kier alpha value is -2.49. The van der Waals surface area contributed by atoms with Crippen LogP contribution in [0.15, 0.2) is 54.9 Å². The van der Waals surface area contributed by atoms with Gasteiger partial charge in [-0.25, -0.2) is 0 Å². The fourth-order valence-corrected chi connectivity index (χ4v) is 2.74. The number of carbonyl (C=O) groups excluding carboxylic acids is 2. The molecule has 1 aliphatic heterocycles. The molecule has 1 unspecified atom stereocenters. The SMILES string of the molecule is O=C(c1ccccc1)C1CCCN1C(=O)c1ccncc1. The Labute approximate surface area is 123 Å². The minimum Gasteiger partial charge on any atom is -0.328 e. The van der Waals surface area contributed by atoms with E-state index in [1.54, 1.807) is 41.6 Å². The maximum absolute atomic E-state index is 12.6. The van der Waals surface area contributed by atoms with Crippen LogP contribution < -0.4 is 0 Å². The third-order valence-corrected chi connectivity index (χ3v) is 3.80. The van der Waals surface area contributed by atoms with E-state index >= 15 is 0 Å². The number of pyridine rings is 1. The molecule has 0 saturated carbocycles. The van der Waals surface area contributed by atoms with Crippen molar-refractivity contribution in [1.29, 1.82) is 0 Å². The molecule has 2 aromatic rings. The molecular formula is C17H16N2O2. The number of amides is 1. The minimum absolute atomic E-state index is 0.0236. The third-order valence-electron chi connectivity index (χ3n) is 3.80. The largest absolute Gasteiger partial charge is 0.328 e. The van der Waals surface area contributed by atoms with Gasteiger partial charge in [0.2, 0.25) is 0 Å². The van der Waals surface area contributed by atoms with Crippen LogP contribution >= 0.6 is 0 Å². The topological polar surface area (TPSA) is 50.3 Å². The number of hydrogen-bond donors (Lipinski definition) is 0. The van der Waals surface area contributed by atoms with Crippen molar-refractivity contribution in [3.05, 3.63) is 66.0 Å². The molecule has 0 aliphatic carbocycles. The number of carbonyl (C=O) groups is 2. The Kier molecular flexibility index (Phi) is 3.77. The fourth-order valence-electron chi connectivity index (χ4n) is 2.74. The Bertz CT molecular complexity index is 583. The standard InChI is InChI=1S/C17H16N2O2/c20-16(13-5-2-1-3-6-13)15-7-4-12-19(15)17(21)14-8-10-18-11-9-14/h1-3,5-6,8-11,15H,4,7,12H2. The van der Waals surface area contributed by atoms with E-state index in [2.05, 4.69) is 4.98 Å². The van der Waals surface area contributed by atoms with Crippen LogP contribution in [0.3, 0.4) is 0 Å². The second kappa shape index (κ2) is 5.87. The van der Waals surface area contributed by atoms with Crippen LogP contribution in [0.2, 0.25) is 0 Å². The highest BCUT2D eigenvalue weighted by atomic mass is 16.2. The molecule has 1 atom stereocenters. The van der Waals surface area contributed by atoms with Crippen LogP contribution in [0.25, 0.3) is 0 Å². The minimum atomic E-state index is -0.354. The van der Waals surface area contributed by atoms with E-state index in [4.69, 9.17) is 0 Å². The van der Waals surface area contributed by atoms with Crippen molar-refractivity contribution in [3.8, 4) is 0 Å². The summed E-state index contributed by atoms with van der Waals surface area (Å²) in [6, 6.07) is 12.2. The highest BCUT2D eigenvalue weighted by Crippen LogP contribution is 2.23. The van der Waals surface area contributed by atoms with Gasteiger partial charge in [-0.15, -0.1) is 0 Å². The van der Waals surface area contributed by atoms with Crippen molar-refractivity contribution in [2.24, 2.45) is 0 Å². The molecule has 106 valence electrons. The van der Waals surface area contributed by atoms with Crippen LogP contribution in [-0.4, -0.2) is 34.2 Å². The van der Waals surface area contributed by atoms with Crippen LogP contribution in [0, 0.1) is 0 Å². The molecule has 21 heavy (non-hydrogen) atoms. The Balaban J connectivity index is 1.83. The fraction of sp³-hybridized carbons (Fsp3) is 0.235. The van der Waals surface area contributed by atoms with Gasteiger partial charge in [0.15, 0.2) is 5.78 Å². The molecule has 0 N–H and O–H groups in total. The van der Waals surface area contributed by atoms with E-state index in [1.165, 1.54) is 0 Å². The number of likely N-dealkylation sites (tertiary alicyclic amines) is 1. The lowest BCUT2D eigenvalue weighted by Crippen LogP contribution is -2.40. The molecule has 1 aromatic carbocycles. The van der Waals surface area contributed by atoms with E-state index in [-0.39, 0.29) is 17.7 Å². The first-order valence-electron chi connectivity index (χ1n) is 7.07. The summed E-state index contributed by atoms with van der Waals surface area (Å²) in [4.78, 5) is 30.7. The number of ketones is 1. The predicted molar refractivity (Wildman–Crippen MR) is 79.1 cm³/mol. The normalized spacial score (nSPS) is 17.7.